The van der Waals surface area contributed by atoms with E-state index in [1.165, 1.54) is 18.1 Å². The molecule has 0 N–H and O–H groups in total. The molecule has 1 aliphatic heterocycles. The first-order chi connectivity index (χ1) is 8.13. The molecule has 1 rings (SSSR count). The third-order valence-corrected chi connectivity index (χ3v) is 2.65. The third kappa shape index (κ3) is 3.09. The lowest BCUT2D eigenvalue weighted by atomic mass is 10.1. The van der Waals surface area contributed by atoms with Crippen LogP contribution in [0.15, 0.2) is 24.3 Å². The average molecular weight is 239 g/mol. The number of likely N-dealkylation sites (tertiary alicyclic amines) is 1. The lowest BCUT2D eigenvalue weighted by Gasteiger charge is -2.21. The van der Waals surface area contributed by atoms with Crippen LogP contribution in [0, 0.1) is 0 Å². The van der Waals surface area contributed by atoms with E-state index in [0.29, 0.717) is 13.0 Å². The highest BCUT2D eigenvalue weighted by Gasteiger charge is 2.37. The van der Waals surface area contributed by atoms with Crippen molar-refractivity contribution in [1.82, 2.24) is 4.90 Å². The predicted octanol–water partition coefficient (Wildman–Crippen LogP) is 1.50. The molecule has 1 aliphatic rings. The van der Waals surface area contributed by atoms with E-state index in [0.717, 1.165) is 5.57 Å². The van der Waals surface area contributed by atoms with Gasteiger partial charge in [0.2, 0.25) is 0 Å². The van der Waals surface area contributed by atoms with Crippen molar-refractivity contribution in [3.05, 3.63) is 24.3 Å². The molecule has 94 valence electrons. The monoisotopic (exact) mass is 239 g/mol. The minimum Gasteiger partial charge on any atom is -0.467 e. The van der Waals surface area contributed by atoms with Crippen LogP contribution in [0.2, 0.25) is 0 Å². The van der Waals surface area contributed by atoms with E-state index in [2.05, 4.69) is 11.3 Å². The molecule has 17 heavy (non-hydrogen) atoms. The highest BCUT2D eigenvalue weighted by Crippen LogP contribution is 2.24. The molecule has 0 aliphatic carbocycles. The molecule has 0 unspecified atom stereocenters. The Bertz CT molecular complexity index is 348. The number of methoxy groups -OCH3 is 1. The van der Waals surface area contributed by atoms with Crippen LogP contribution in [0.3, 0.4) is 0 Å². The molecule has 0 aromatic heterocycles. The van der Waals surface area contributed by atoms with Gasteiger partial charge in [-0.05, 0) is 6.92 Å². The van der Waals surface area contributed by atoms with Crippen molar-refractivity contribution < 1.29 is 19.1 Å². The number of carbonyl (C=O) groups excluding carboxylic acids is 2. The number of hydrogen-bond donors (Lipinski definition) is 0. The maximum Gasteiger partial charge on any atom is 0.411 e. The van der Waals surface area contributed by atoms with Crippen LogP contribution in [0.4, 0.5) is 4.79 Å². The largest absolute Gasteiger partial charge is 0.467 e. The number of ether oxygens (including phenoxy) is 2. The van der Waals surface area contributed by atoms with Crippen molar-refractivity contribution in [2.75, 3.05) is 20.3 Å². The summed E-state index contributed by atoms with van der Waals surface area (Å²) in [6, 6.07) is -0.580. The maximum absolute atomic E-state index is 11.7. The minimum atomic E-state index is -0.580. The van der Waals surface area contributed by atoms with Crippen LogP contribution < -0.4 is 0 Å². The summed E-state index contributed by atoms with van der Waals surface area (Å²) >= 11 is 0. The zero-order valence-electron chi connectivity index (χ0n) is 10.1. The SMILES string of the molecule is C=CCOC(=O)N1CC(=CC)C[C@H]1C(=O)OC. The Morgan fingerprint density at radius 3 is 2.82 bits per heavy atom. The molecule has 0 bridgehead atoms. The van der Waals surface area contributed by atoms with Gasteiger partial charge in [-0.15, -0.1) is 0 Å². The van der Waals surface area contributed by atoms with Crippen molar-refractivity contribution in [3.8, 4) is 0 Å². The molecule has 0 aromatic carbocycles. The first-order valence-electron chi connectivity index (χ1n) is 5.40. The topological polar surface area (TPSA) is 55.8 Å². The number of nitrogens with zero attached hydrogens (tertiary/aromatic N) is 1. The molecular formula is C12H17NO4. The Balaban J connectivity index is 2.76. The van der Waals surface area contributed by atoms with E-state index in [1.54, 1.807) is 0 Å². The first kappa shape index (κ1) is 13.3. The lowest BCUT2D eigenvalue weighted by Crippen LogP contribution is -2.41. The Hall–Kier alpha value is -1.78. The second kappa shape index (κ2) is 6.08. The Morgan fingerprint density at radius 2 is 2.29 bits per heavy atom. The summed E-state index contributed by atoms with van der Waals surface area (Å²) < 4.78 is 9.60. The van der Waals surface area contributed by atoms with Crippen LogP contribution in [-0.4, -0.2) is 43.3 Å². The molecule has 1 fully saturated rings. The second-order valence-corrected chi connectivity index (χ2v) is 3.68. The zero-order valence-corrected chi connectivity index (χ0v) is 10.1. The van der Waals surface area contributed by atoms with E-state index in [1.807, 2.05) is 13.0 Å². The molecule has 1 heterocycles. The van der Waals surface area contributed by atoms with E-state index < -0.39 is 18.1 Å². The smallest absolute Gasteiger partial charge is 0.411 e. The Labute approximate surface area is 101 Å². The summed E-state index contributed by atoms with van der Waals surface area (Å²) in [6.45, 7) is 5.88. The number of carbonyl (C=O) groups is 2. The standard InChI is InChI=1S/C12H17NO4/c1-4-6-17-12(15)13-8-9(5-2)7-10(13)11(14)16-3/h4-5,10H,1,6-8H2,2-3H3/t10-/m0/s1. The van der Waals surface area contributed by atoms with Crippen molar-refractivity contribution in [1.29, 1.82) is 0 Å². The van der Waals surface area contributed by atoms with Gasteiger partial charge < -0.3 is 9.47 Å². The summed E-state index contributed by atoms with van der Waals surface area (Å²) in [5.74, 6) is -0.419. The number of allylic oxidation sites excluding steroid dienone is 1. The molecule has 1 saturated heterocycles. The fourth-order valence-electron chi connectivity index (χ4n) is 1.71. The van der Waals surface area contributed by atoms with Gasteiger partial charge in [-0.1, -0.05) is 24.3 Å². The summed E-state index contributed by atoms with van der Waals surface area (Å²) in [5, 5.41) is 0. The average Bonchev–Trinajstić information content (AvgIpc) is 2.79. The van der Waals surface area contributed by atoms with Crippen molar-refractivity contribution in [2.45, 2.75) is 19.4 Å². The minimum absolute atomic E-state index is 0.133. The number of amides is 1. The fourth-order valence-corrected chi connectivity index (χ4v) is 1.71. The Morgan fingerprint density at radius 1 is 1.59 bits per heavy atom. The number of hydrogen-bond acceptors (Lipinski definition) is 4. The van der Waals surface area contributed by atoms with Gasteiger partial charge in [0, 0.05) is 13.0 Å². The van der Waals surface area contributed by atoms with Crippen molar-refractivity contribution in [3.63, 3.8) is 0 Å². The van der Waals surface area contributed by atoms with Gasteiger partial charge in [-0.3, -0.25) is 4.90 Å². The van der Waals surface area contributed by atoms with Gasteiger partial charge in [0.25, 0.3) is 0 Å². The van der Waals surface area contributed by atoms with Gasteiger partial charge in [-0.25, -0.2) is 9.59 Å². The van der Waals surface area contributed by atoms with Crippen LogP contribution in [0.1, 0.15) is 13.3 Å². The van der Waals surface area contributed by atoms with E-state index in [4.69, 9.17) is 4.74 Å². The van der Waals surface area contributed by atoms with Crippen LogP contribution in [0.25, 0.3) is 0 Å². The summed E-state index contributed by atoms with van der Waals surface area (Å²) in [7, 11) is 1.31. The molecule has 0 spiro atoms. The molecule has 0 saturated carbocycles. The van der Waals surface area contributed by atoms with Gasteiger partial charge >= 0.3 is 12.1 Å². The summed E-state index contributed by atoms with van der Waals surface area (Å²) in [5.41, 5.74) is 1.02. The van der Waals surface area contributed by atoms with Crippen LogP contribution >= 0.6 is 0 Å². The van der Waals surface area contributed by atoms with Gasteiger partial charge in [-0.2, -0.15) is 0 Å². The quantitative estimate of drug-likeness (QED) is 0.553. The van der Waals surface area contributed by atoms with Crippen LogP contribution in [-0.2, 0) is 14.3 Å². The highest BCUT2D eigenvalue weighted by molar-refractivity contribution is 5.83. The van der Waals surface area contributed by atoms with E-state index in [-0.39, 0.29) is 6.61 Å². The molecule has 1 atom stereocenters. The van der Waals surface area contributed by atoms with Gasteiger partial charge in [0.15, 0.2) is 0 Å². The van der Waals surface area contributed by atoms with E-state index in [9.17, 15) is 9.59 Å². The summed E-state index contributed by atoms with van der Waals surface area (Å²) in [4.78, 5) is 24.6. The van der Waals surface area contributed by atoms with Gasteiger partial charge in [0.1, 0.15) is 12.6 Å². The fraction of sp³-hybridized carbons (Fsp3) is 0.500. The zero-order chi connectivity index (χ0) is 12.8. The Kier molecular flexibility index (Phi) is 4.75. The molecule has 0 radical (unpaired) electrons. The first-order valence-corrected chi connectivity index (χ1v) is 5.40. The molecule has 5 heteroatoms. The van der Waals surface area contributed by atoms with Crippen LogP contribution in [0.5, 0.6) is 0 Å². The normalized spacial score (nSPS) is 21.4. The van der Waals surface area contributed by atoms with Crippen molar-refractivity contribution >= 4 is 12.1 Å². The highest BCUT2D eigenvalue weighted by atomic mass is 16.6. The molecular weight excluding hydrogens is 222 g/mol. The maximum atomic E-state index is 11.7. The van der Waals surface area contributed by atoms with Crippen molar-refractivity contribution in [2.24, 2.45) is 0 Å². The number of rotatable bonds is 3. The third-order valence-electron chi connectivity index (χ3n) is 2.65. The van der Waals surface area contributed by atoms with Gasteiger partial charge in [0.05, 0.1) is 7.11 Å². The molecule has 1 amide bonds. The molecule has 5 nitrogen and oxygen atoms in total. The summed E-state index contributed by atoms with van der Waals surface area (Å²) in [6.07, 6.45) is 3.37. The lowest BCUT2D eigenvalue weighted by molar-refractivity contribution is -0.145. The number of esters is 1. The van der Waals surface area contributed by atoms with E-state index >= 15 is 0 Å². The predicted molar refractivity (Wildman–Crippen MR) is 62.4 cm³/mol. The second-order valence-electron chi connectivity index (χ2n) is 3.68. The molecule has 0 aromatic rings.